The molecular formula is C24H27N3O3. The number of carbonyl (C=O) groups is 2. The third-order valence-electron chi connectivity index (χ3n) is 4.79. The Morgan fingerprint density at radius 1 is 1.00 bits per heavy atom. The Morgan fingerprint density at radius 3 is 2.33 bits per heavy atom. The van der Waals surface area contributed by atoms with E-state index < -0.39 is 0 Å². The molecule has 6 nitrogen and oxygen atoms in total. The number of rotatable bonds is 9. The standard InChI is InChI=1S/C24H27N3O3/c1-3-4-8-15-27(17-23(28)25-22-16-18(2)30-26-22)24(29)21-13-11-20(12-14-21)19-9-6-5-7-10-19/h5-7,9-14,16H,3-4,8,15,17H2,1-2H3,(H,25,26,28). The lowest BCUT2D eigenvalue weighted by Crippen LogP contribution is -2.38. The molecule has 6 heteroatoms. The maximum absolute atomic E-state index is 13.1. The molecule has 0 bridgehead atoms. The zero-order valence-electron chi connectivity index (χ0n) is 17.4. The highest BCUT2D eigenvalue weighted by Gasteiger charge is 2.19. The average molecular weight is 405 g/mol. The van der Waals surface area contributed by atoms with Crippen molar-refractivity contribution in [2.45, 2.75) is 33.1 Å². The van der Waals surface area contributed by atoms with Gasteiger partial charge in [-0.1, -0.05) is 67.4 Å². The van der Waals surface area contributed by atoms with Crippen molar-refractivity contribution < 1.29 is 14.1 Å². The first-order valence-corrected chi connectivity index (χ1v) is 10.2. The molecule has 0 saturated heterocycles. The molecule has 0 saturated carbocycles. The van der Waals surface area contributed by atoms with E-state index in [2.05, 4.69) is 17.4 Å². The molecule has 2 aromatic carbocycles. The molecule has 3 aromatic rings. The Morgan fingerprint density at radius 2 is 1.70 bits per heavy atom. The number of nitrogens with one attached hydrogen (secondary N) is 1. The monoisotopic (exact) mass is 405 g/mol. The fourth-order valence-electron chi connectivity index (χ4n) is 3.20. The van der Waals surface area contributed by atoms with Crippen LogP contribution in [0, 0.1) is 6.92 Å². The van der Waals surface area contributed by atoms with Gasteiger partial charge in [0.25, 0.3) is 5.91 Å². The summed E-state index contributed by atoms with van der Waals surface area (Å²) in [4.78, 5) is 27.1. The summed E-state index contributed by atoms with van der Waals surface area (Å²) in [6, 6.07) is 19.2. The quantitative estimate of drug-likeness (QED) is 0.513. The number of hydrogen-bond acceptors (Lipinski definition) is 4. The van der Waals surface area contributed by atoms with Gasteiger partial charge in [-0.05, 0) is 36.6 Å². The molecule has 30 heavy (non-hydrogen) atoms. The summed E-state index contributed by atoms with van der Waals surface area (Å²) in [5, 5.41) is 6.45. The van der Waals surface area contributed by atoms with Crippen LogP contribution >= 0.6 is 0 Å². The second kappa shape index (κ2) is 10.4. The maximum atomic E-state index is 13.1. The third kappa shape index (κ3) is 5.80. The molecule has 1 heterocycles. The highest BCUT2D eigenvalue weighted by Crippen LogP contribution is 2.20. The van der Waals surface area contributed by atoms with Crippen molar-refractivity contribution in [3.05, 3.63) is 72.0 Å². The van der Waals surface area contributed by atoms with Gasteiger partial charge >= 0.3 is 0 Å². The molecule has 0 aliphatic heterocycles. The van der Waals surface area contributed by atoms with Gasteiger partial charge in [-0.15, -0.1) is 0 Å². The van der Waals surface area contributed by atoms with E-state index in [0.29, 0.717) is 23.7 Å². The predicted molar refractivity (Wildman–Crippen MR) is 117 cm³/mol. The van der Waals surface area contributed by atoms with Crippen LogP contribution in [0.15, 0.2) is 65.2 Å². The molecule has 2 amide bonds. The molecule has 0 aliphatic rings. The lowest BCUT2D eigenvalue weighted by Gasteiger charge is -2.22. The van der Waals surface area contributed by atoms with Crippen molar-refractivity contribution in [1.82, 2.24) is 10.1 Å². The summed E-state index contributed by atoms with van der Waals surface area (Å²) in [7, 11) is 0. The van der Waals surface area contributed by atoms with E-state index in [0.717, 1.165) is 30.4 Å². The van der Waals surface area contributed by atoms with Crippen LogP contribution < -0.4 is 5.32 Å². The van der Waals surface area contributed by atoms with Gasteiger partial charge in [-0.25, -0.2) is 0 Å². The van der Waals surface area contributed by atoms with E-state index in [1.165, 1.54) is 0 Å². The van der Waals surface area contributed by atoms with Crippen LogP contribution in [0.2, 0.25) is 0 Å². The van der Waals surface area contributed by atoms with E-state index in [9.17, 15) is 9.59 Å². The zero-order chi connectivity index (χ0) is 21.3. The van der Waals surface area contributed by atoms with Gasteiger partial charge in [0.05, 0.1) is 0 Å². The topological polar surface area (TPSA) is 75.4 Å². The molecule has 0 atom stereocenters. The van der Waals surface area contributed by atoms with Crippen LogP contribution in [0.25, 0.3) is 11.1 Å². The summed E-state index contributed by atoms with van der Waals surface area (Å²) in [5.41, 5.74) is 2.71. The molecule has 0 radical (unpaired) electrons. The number of aryl methyl sites for hydroxylation is 1. The van der Waals surface area contributed by atoms with Crippen molar-refractivity contribution in [1.29, 1.82) is 0 Å². The summed E-state index contributed by atoms with van der Waals surface area (Å²) in [6.45, 7) is 4.35. The number of anilines is 1. The van der Waals surface area contributed by atoms with Crippen LogP contribution in [0.4, 0.5) is 5.82 Å². The maximum Gasteiger partial charge on any atom is 0.254 e. The fraction of sp³-hybridized carbons (Fsp3) is 0.292. The van der Waals surface area contributed by atoms with E-state index in [1.54, 1.807) is 17.9 Å². The van der Waals surface area contributed by atoms with Gasteiger partial charge in [-0.3, -0.25) is 9.59 Å². The molecule has 0 unspecified atom stereocenters. The number of amides is 2. The molecule has 0 fully saturated rings. The number of benzene rings is 2. The van der Waals surface area contributed by atoms with Gasteiger partial charge < -0.3 is 14.7 Å². The van der Waals surface area contributed by atoms with Crippen LogP contribution in [0.3, 0.4) is 0 Å². The Kier molecular flexibility index (Phi) is 7.38. The Balaban J connectivity index is 1.70. The predicted octanol–water partition coefficient (Wildman–Crippen LogP) is 4.92. The van der Waals surface area contributed by atoms with Crippen molar-refractivity contribution in [3.8, 4) is 11.1 Å². The highest BCUT2D eigenvalue weighted by atomic mass is 16.5. The number of nitrogens with zero attached hydrogens (tertiary/aromatic N) is 2. The molecule has 3 rings (SSSR count). The van der Waals surface area contributed by atoms with Crippen molar-refractivity contribution in [2.75, 3.05) is 18.4 Å². The Labute approximate surface area is 176 Å². The molecular weight excluding hydrogens is 378 g/mol. The van der Waals surface area contributed by atoms with E-state index >= 15 is 0 Å². The van der Waals surface area contributed by atoms with Gasteiger partial charge in [0.1, 0.15) is 12.3 Å². The summed E-state index contributed by atoms with van der Waals surface area (Å²) < 4.78 is 4.97. The van der Waals surface area contributed by atoms with Gasteiger partial charge in [0.2, 0.25) is 5.91 Å². The second-order valence-corrected chi connectivity index (χ2v) is 7.25. The molecule has 0 aliphatic carbocycles. The Bertz CT molecular complexity index is 965. The number of unbranched alkanes of at least 4 members (excludes halogenated alkanes) is 2. The summed E-state index contributed by atoms with van der Waals surface area (Å²) in [5.74, 6) is 0.511. The minimum Gasteiger partial charge on any atom is -0.360 e. The van der Waals surface area contributed by atoms with Gasteiger partial charge in [0, 0.05) is 18.2 Å². The van der Waals surface area contributed by atoms with Crippen molar-refractivity contribution in [2.24, 2.45) is 0 Å². The number of aromatic nitrogens is 1. The lowest BCUT2D eigenvalue weighted by atomic mass is 10.0. The largest absolute Gasteiger partial charge is 0.360 e. The van der Waals surface area contributed by atoms with Crippen LogP contribution in [0.1, 0.15) is 42.3 Å². The highest BCUT2D eigenvalue weighted by molar-refractivity contribution is 5.99. The molecule has 1 aromatic heterocycles. The van der Waals surface area contributed by atoms with E-state index in [1.807, 2.05) is 54.6 Å². The van der Waals surface area contributed by atoms with E-state index in [-0.39, 0.29) is 18.4 Å². The molecule has 0 spiro atoms. The minimum atomic E-state index is -0.297. The van der Waals surface area contributed by atoms with Crippen LogP contribution in [-0.4, -0.2) is 35.0 Å². The number of carbonyl (C=O) groups excluding carboxylic acids is 2. The summed E-state index contributed by atoms with van der Waals surface area (Å²) >= 11 is 0. The average Bonchev–Trinajstić information content (AvgIpc) is 3.17. The van der Waals surface area contributed by atoms with Crippen molar-refractivity contribution >= 4 is 17.6 Å². The van der Waals surface area contributed by atoms with Gasteiger partial charge in [-0.2, -0.15) is 0 Å². The first-order valence-electron chi connectivity index (χ1n) is 10.2. The fourth-order valence-corrected chi connectivity index (χ4v) is 3.20. The van der Waals surface area contributed by atoms with Crippen LogP contribution in [-0.2, 0) is 4.79 Å². The third-order valence-corrected chi connectivity index (χ3v) is 4.79. The van der Waals surface area contributed by atoms with Crippen LogP contribution in [0.5, 0.6) is 0 Å². The first kappa shape index (κ1) is 21.3. The molecule has 156 valence electrons. The Hall–Kier alpha value is -3.41. The van der Waals surface area contributed by atoms with Gasteiger partial charge in [0.15, 0.2) is 5.82 Å². The minimum absolute atomic E-state index is 0.0328. The number of hydrogen-bond donors (Lipinski definition) is 1. The lowest BCUT2D eigenvalue weighted by molar-refractivity contribution is -0.117. The summed E-state index contributed by atoms with van der Waals surface area (Å²) in [6.07, 6.45) is 2.89. The molecule has 1 N–H and O–H groups in total. The second-order valence-electron chi connectivity index (χ2n) is 7.25. The first-order chi connectivity index (χ1) is 14.6. The van der Waals surface area contributed by atoms with Crippen molar-refractivity contribution in [3.63, 3.8) is 0 Å². The zero-order valence-corrected chi connectivity index (χ0v) is 17.4. The smallest absolute Gasteiger partial charge is 0.254 e. The van der Waals surface area contributed by atoms with E-state index in [4.69, 9.17) is 4.52 Å². The SMILES string of the molecule is CCCCCN(CC(=O)Nc1cc(C)on1)C(=O)c1ccc(-c2ccccc2)cc1. The normalized spacial score (nSPS) is 10.6.